The van der Waals surface area contributed by atoms with Crippen LogP contribution in [0.3, 0.4) is 0 Å². The van der Waals surface area contributed by atoms with Crippen LogP contribution in [0, 0.1) is 0 Å². The Morgan fingerprint density at radius 2 is 2.00 bits per heavy atom. The summed E-state index contributed by atoms with van der Waals surface area (Å²) in [5.41, 5.74) is 3.87. The van der Waals surface area contributed by atoms with E-state index in [1.165, 1.54) is 23.7 Å². The molecule has 0 spiro atoms. The molecule has 0 atom stereocenters. The van der Waals surface area contributed by atoms with Crippen molar-refractivity contribution in [2.24, 2.45) is 0 Å². The van der Waals surface area contributed by atoms with Crippen LogP contribution in [0.2, 0.25) is 0 Å². The molecule has 182 valence electrons. The predicted octanol–water partition coefficient (Wildman–Crippen LogP) is 4.07. The molecule has 0 saturated heterocycles. The Hall–Kier alpha value is -3.72. The highest BCUT2D eigenvalue weighted by molar-refractivity contribution is 5.99. The Bertz CT molecular complexity index is 1210. The molecule has 4 N–H and O–H groups in total. The van der Waals surface area contributed by atoms with E-state index in [9.17, 15) is 4.79 Å². The summed E-state index contributed by atoms with van der Waals surface area (Å²) in [6, 6.07) is 11.8. The van der Waals surface area contributed by atoms with Crippen LogP contribution in [0.4, 0.5) is 23.3 Å². The number of nitrogens with zero attached hydrogens (tertiary/aromatic N) is 3. The van der Waals surface area contributed by atoms with E-state index < -0.39 is 0 Å². The summed E-state index contributed by atoms with van der Waals surface area (Å²) in [7, 11) is 0. The average molecular weight is 474 g/mol. The van der Waals surface area contributed by atoms with Crippen molar-refractivity contribution in [3.8, 4) is 5.88 Å². The minimum atomic E-state index is -0.253. The van der Waals surface area contributed by atoms with Gasteiger partial charge in [-0.3, -0.25) is 4.79 Å². The lowest BCUT2D eigenvalue weighted by Gasteiger charge is -2.25. The fourth-order valence-corrected chi connectivity index (χ4v) is 4.06. The number of carbonyl (C=O) groups excluding carboxylic acids is 1. The van der Waals surface area contributed by atoms with Gasteiger partial charge in [-0.1, -0.05) is 12.1 Å². The molecule has 1 aromatic carbocycles. The molecule has 35 heavy (non-hydrogen) atoms. The van der Waals surface area contributed by atoms with Crippen LogP contribution >= 0.6 is 0 Å². The molecule has 9 heteroatoms. The molecule has 1 saturated carbocycles. The number of pyridine rings is 1. The second-order valence-electron chi connectivity index (χ2n) is 9.28. The van der Waals surface area contributed by atoms with Gasteiger partial charge in [0.25, 0.3) is 5.91 Å². The third-order valence-electron chi connectivity index (χ3n) is 6.11. The van der Waals surface area contributed by atoms with E-state index in [1.807, 2.05) is 38.1 Å². The van der Waals surface area contributed by atoms with Gasteiger partial charge in [-0.2, -0.15) is 9.97 Å². The zero-order chi connectivity index (χ0) is 24.2. The lowest BCUT2D eigenvalue weighted by Crippen LogP contribution is -2.31. The first-order chi connectivity index (χ1) is 17.0. The first-order valence-electron chi connectivity index (χ1n) is 12.2. The number of benzene rings is 1. The van der Waals surface area contributed by atoms with Crippen molar-refractivity contribution in [2.75, 3.05) is 17.2 Å². The van der Waals surface area contributed by atoms with E-state index in [2.05, 4.69) is 48.4 Å². The summed E-state index contributed by atoms with van der Waals surface area (Å²) >= 11 is 0. The highest BCUT2D eigenvalue weighted by atomic mass is 16.5. The number of carbonyl (C=O) groups is 1. The fourth-order valence-electron chi connectivity index (χ4n) is 4.06. The highest BCUT2D eigenvalue weighted by Gasteiger charge is 2.20. The van der Waals surface area contributed by atoms with Gasteiger partial charge in [-0.15, -0.1) is 0 Å². The van der Waals surface area contributed by atoms with Gasteiger partial charge in [0.05, 0.1) is 0 Å². The molecule has 0 bridgehead atoms. The standard InChI is InChI=1S/C26H31N7O2/c1-16(2)29-25(34)21-15-28-26(30-19-10-9-18-14-27-12-11-17(18)13-19)33-24(21)32-22-7-4-8-23(31-22)35-20-5-3-6-20/h4,7-10,13,15-16,20,27H,3,5-6,11-12,14H2,1-2H3,(H,29,34)(H2,28,30,31,32,33). The minimum absolute atomic E-state index is 0.0181. The molecule has 0 radical (unpaired) electrons. The number of nitrogens with one attached hydrogen (secondary N) is 4. The molecule has 1 amide bonds. The van der Waals surface area contributed by atoms with E-state index in [0.717, 1.165) is 38.0 Å². The second-order valence-corrected chi connectivity index (χ2v) is 9.28. The number of fused-ring (bicyclic) bond motifs is 1. The largest absolute Gasteiger partial charge is 0.474 e. The second kappa shape index (κ2) is 10.3. The van der Waals surface area contributed by atoms with Crippen LogP contribution in [0.5, 0.6) is 5.88 Å². The zero-order valence-corrected chi connectivity index (χ0v) is 20.1. The molecule has 2 aliphatic rings. The quantitative estimate of drug-likeness (QED) is 0.387. The van der Waals surface area contributed by atoms with Crippen molar-refractivity contribution in [1.29, 1.82) is 0 Å². The van der Waals surface area contributed by atoms with Crippen LogP contribution in [0.1, 0.15) is 54.6 Å². The Kier molecular flexibility index (Phi) is 6.76. The minimum Gasteiger partial charge on any atom is -0.474 e. The molecule has 3 aromatic rings. The highest BCUT2D eigenvalue weighted by Crippen LogP contribution is 2.27. The van der Waals surface area contributed by atoms with Crippen molar-refractivity contribution >= 4 is 29.2 Å². The normalized spacial score (nSPS) is 15.2. The first kappa shape index (κ1) is 23.0. The number of hydrogen-bond acceptors (Lipinski definition) is 8. The number of anilines is 4. The molecular formula is C26H31N7O2. The van der Waals surface area contributed by atoms with E-state index in [0.29, 0.717) is 29.0 Å². The van der Waals surface area contributed by atoms with E-state index in [-0.39, 0.29) is 18.1 Å². The third kappa shape index (κ3) is 5.68. The summed E-state index contributed by atoms with van der Waals surface area (Å²) in [6.45, 7) is 5.68. The lowest BCUT2D eigenvalue weighted by atomic mass is 9.96. The Morgan fingerprint density at radius 1 is 1.11 bits per heavy atom. The lowest BCUT2D eigenvalue weighted by molar-refractivity contribution is 0.0943. The SMILES string of the molecule is CC(C)NC(=O)c1cnc(Nc2ccc3c(c2)CCNC3)nc1Nc1cccc(OC2CCC2)n1. The average Bonchev–Trinajstić information content (AvgIpc) is 2.81. The van der Waals surface area contributed by atoms with Crippen molar-refractivity contribution in [3.63, 3.8) is 0 Å². The van der Waals surface area contributed by atoms with E-state index >= 15 is 0 Å². The smallest absolute Gasteiger partial charge is 0.256 e. The summed E-state index contributed by atoms with van der Waals surface area (Å²) in [5.74, 6) is 1.62. The van der Waals surface area contributed by atoms with E-state index in [4.69, 9.17) is 4.74 Å². The van der Waals surface area contributed by atoms with Gasteiger partial charge in [0.2, 0.25) is 11.8 Å². The van der Waals surface area contributed by atoms with Crippen molar-refractivity contribution < 1.29 is 9.53 Å². The van der Waals surface area contributed by atoms with Gasteiger partial charge in [-0.05, 0) is 75.4 Å². The molecule has 1 aliphatic carbocycles. The van der Waals surface area contributed by atoms with Crippen LogP contribution in [-0.4, -0.2) is 39.5 Å². The van der Waals surface area contributed by atoms with Crippen LogP contribution in [-0.2, 0) is 13.0 Å². The Balaban J connectivity index is 1.40. The van der Waals surface area contributed by atoms with E-state index in [1.54, 1.807) is 0 Å². The van der Waals surface area contributed by atoms with Crippen molar-refractivity contribution in [3.05, 3.63) is 59.3 Å². The first-order valence-corrected chi connectivity index (χ1v) is 12.2. The van der Waals surface area contributed by atoms with Crippen LogP contribution in [0.15, 0.2) is 42.6 Å². The summed E-state index contributed by atoms with van der Waals surface area (Å²) < 4.78 is 5.93. The van der Waals surface area contributed by atoms with Crippen LogP contribution < -0.4 is 26.0 Å². The number of rotatable bonds is 8. The van der Waals surface area contributed by atoms with Gasteiger partial charge >= 0.3 is 0 Å². The maximum Gasteiger partial charge on any atom is 0.256 e. The predicted molar refractivity (Wildman–Crippen MR) is 136 cm³/mol. The van der Waals surface area contributed by atoms with Gasteiger partial charge in [0, 0.05) is 30.5 Å². The number of amides is 1. The van der Waals surface area contributed by atoms with Crippen LogP contribution in [0.25, 0.3) is 0 Å². The molecule has 1 aliphatic heterocycles. The number of hydrogen-bond donors (Lipinski definition) is 4. The summed E-state index contributed by atoms with van der Waals surface area (Å²) in [4.78, 5) is 26.5. The van der Waals surface area contributed by atoms with Gasteiger partial charge in [0.1, 0.15) is 23.3 Å². The maximum atomic E-state index is 12.9. The third-order valence-corrected chi connectivity index (χ3v) is 6.11. The molecule has 5 rings (SSSR count). The molecule has 2 aromatic heterocycles. The summed E-state index contributed by atoms with van der Waals surface area (Å²) in [5, 5.41) is 12.8. The Morgan fingerprint density at radius 3 is 2.80 bits per heavy atom. The zero-order valence-electron chi connectivity index (χ0n) is 20.1. The molecule has 3 heterocycles. The summed E-state index contributed by atoms with van der Waals surface area (Å²) in [6.07, 6.45) is 6.05. The Labute approximate surface area is 205 Å². The van der Waals surface area contributed by atoms with Gasteiger partial charge < -0.3 is 26.0 Å². The molecular weight excluding hydrogens is 442 g/mol. The maximum absolute atomic E-state index is 12.9. The van der Waals surface area contributed by atoms with Crippen molar-refractivity contribution in [1.82, 2.24) is 25.6 Å². The number of ether oxygens (including phenoxy) is 1. The van der Waals surface area contributed by atoms with Crippen molar-refractivity contribution in [2.45, 2.75) is 58.2 Å². The van der Waals surface area contributed by atoms with Gasteiger partial charge in [0.15, 0.2) is 0 Å². The monoisotopic (exact) mass is 473 g/mol. The molecule has 9 nitrogen and oxygen atoms in total. The van der Waals surface area contributed by atoms with Gasteiger partial charge in [-0.25, -0.2) is 4.98 Å². The number of aromatic nitrogens is 3. The molecule has 0 unspecified atom stereocenters. The molecule has 1 fully saturated rings. The fraction of sp³-hybridized carbons (Fsp3) is 0.385. The topological polar surface area (TPSA) is 113 Å².